The number of amides is 1. The van der Waals surface area contributed by atoms with Gasteiger partial charge >= 0.3 is 0 Å². The summed E-state index contributed by atoms with van der Waals surface area (Å²) in [4.78, 5) is 15.6. The van der Waals surface area contributed by atoms with Crippen molar-refractivity contribution in [3.05, 3.63) is 46.4 Å². The maximum absolute atomic E-state index is 12.1. The molecule has 4 nitrogen and oxygen atoms in total. The SMILES string of the molecule is CC1c2cccn2CCN1CC(=O)NCCc1cccs1. The van der Waals surface area contributed by atoms with Crippen molar-refractivity contribution in [2.75, 3.05) is 19.6 Å². The number of hydrogen-bond acceptors (Lipinski definition) is 3. The van der Waals surface area contributed by atoms with E-state index in [1.54, 1.807) is 11.3 Å². The highest BCUT2D eigenvalue weighted by Gasteiger charge is 2.24. The Kier molecular flexibility index (Phi) is 4.41. The lowest BCUT2D eigenvalue weighted by Gasteiger charge is -2.34. The summed E-state index contributed by atoms with van der Waals surface area (Å²) >= 11 is 1.74. The normalized spacial score (nSPS) is 18.4. The molecule has 3 heterocycles. The van der Waals surface area contributed by atoms with Gasteiger partial charge in [-0.3, -0.25) is 9.69 Å². The van der Waals surface area contributed by atoms with E-state index in [-0.39, 0.29) is 5.91 Å². The Morgan fingerprint density at radius 3 is 3.10 bits per heavy atom. The number of carbonyl (C=O) groups is 1. The summed E-state index contributed by atoms with van der Waals surface area (Å²) in [5.41, 5.74) is 1.30. The van der Waals surface area contributed by atoms with E-state index in [4.69, 9.17) is 0 Å². The molecule has 2 aromatic rings. The molecule has 0 fully saturated rings. The fourth-order valence-electron chi connectivity index (χ4n) is 2.86. The molecule has 5 heteroatoms. The van der Waals surface area contributed by atoms with Gasteiger partial charge in [-0.05, 0) is 36.9 Å². The number of rotatable bonds is 5. The predicted molar refractivity (Wildman–Crippen MR) is 85.5 cm³/mol. The molecular weight excluding hydrogens is 282 g/mol. The standard InChI is InChI=1S/C16H21N3OS/c1-13-15-5-2-8-18(15)9-10-19(13)12-16(20)17-7-6-14-4-3-11-21-14/h2-5,8,11,13H,6-7,9-10,12H2,1H3,(H,17,20). The summed E-state index contributed by atoms with van der Waals surface area (Å²) in [6.45, 7) is 5.27. The van der Waals surface area contributed by atoms with Gasteiger partial charge < -0.3 is 9.88 Å². The van der Waals surface area contributed by atoms with Gasteiger partial charge in [-0.2, -0.15) is 0 Å². The second kappa shape index (κ2) is 6.45. The molecule has 1 atom stereocenters. The quantitative estimate of drug-likeness (QED) is 0.920. The largest absolute Gasteiger partial charge is 0.355 e. The van der Waals surface area contributed by atoms with Crippen LogP contribution < -0.4 is 5.32 Å². The van der Waals surface area contributed by atoms with Crippen LogP contribution in [0.3, 0.4) is 0 Å². The third-order valence-electron chi connectivity index (χ3n) is 4.09. The summed E-state index contributed by atoms with van der Waals surface area (Å²) in [7, 11) is 0. The third kappa shape index (κ3) is 3.36. The Bertz CT molecular complexity index is 590. The van der Waals surface area contributed by atoms with Crippen molar-refractivity contribution in [1.29, 1.82) is 0 Å². The van der Waals surface area contributed by atoms with Crippen molar-refractivity contribution in [1.82, 2.24) is 14.8 Å². The fourth-order valence-corrected chi connectivity index (χ4v) is 3.57. The Balaban J connectivity index is 1.47. The van der Waals surface area contributed by atoms with Gasteiger partial charge in [-0.25, -0.2) is 0 Å². The first-order valence-corrected chi connectivity index (χ1v) is 8.30. The van der Waals surface area contributed by atoms with E-state index in [1.165, 1.54) is 10.6 Å². The lowest BCUT2D eigenvalue weighted by molar-refractivity contribution is -0.123. The smallest absolute Gasteiger partial charge is 0.234 e. The molecule has 1 unspecified atom stereocenters. The van der Waals surface area contributed by atoms with E-state index in [0.29, 0.717) is 12.6 Å². The van der Waals surface area contributed by atoms with E-state index in [2.05, 4.69) is 51.5 Å². The minimum absolute atomic E-state index is 0.124. The predicted octanol–water partition coefficient (Wildman–Crippen LogP) is 2.29. The van der Waals surface area contributed by atoms with Gasteiger partial charge in [0.05, 0.1) is 6.54 Å². The molecule has 0 saturated carbocycles. The van der Waals surface area contributed by atoms with Crippen LogP contribution in [0.15, 0.2) is 35.8 Å². The molecule has 21 heavy (non-hydrogen) atoms. The van der Waals surface area contributed by atoms with Crippen LogP contribution in [0, 0.1) is 0 Å². The Morgan fingerprint density at radius 1 is 1.38 bits per heavy atom. The number of thiophene rings is 1. The van der Waals surface area contributed by atoms with Gasteiger partial charge in [0.15, 0.2) is 0 Å². The van der Waals surface area contributed by atoms with Crippen LogP contribution in [0.1, 0.15) is 23.5 Å². The van der Waals surface area contributed by atoms with E-state index in [0.717, 1.165) is 26.1 Å². The number of nitrogens with zero attached hydrogens (tertiary/aromatic N) is 2. The lowest BCUT2D eigenvalue weighted by atomic mass is 10.1. The fraction of sp³-hybridized carbons (Fsp3) is 0.438. The number of fused-ring (bicyclic) bond motifs is 1. The molecular formula is C16H21N3OS. The van der Waals surface area contributed by atoms with Crippen LogP contribution in [-0.2, 0) is 17.8 Å². The number of hydrogen-bond donors (Lipinski definition) is 1. The average molecular weight is 303 g/mol. The molecule has 112 valence electrons. The zero-order valence-electron chi connectivity index (χ0n) is 12.3. The molecule has 3 rings (SSSR count). The Labute approximate surface area is 129 Å². The molecule has 0 spiro atoms. The van der Waals surface area contributed by atoms with Crippen LogP contribution in [0.2, 0.25) is 0 Å². The highest BCUT2D eigenvalue weighted by molar-refractivity contribution is 7.09. The second-order valence-corrected chi connectivity index (χ2v) is 6.48. The Morgan fingerprint density at radius 2 is 2.29 bits per heavy atom. The summed E-state index contributed by atoms with van der Waals surface area (Å²) in [5, 5.41) is 5.10. The van der Waals surface area contributed by atoms with E-state index in [1.807, 2.05) is 6.07 Å². The highest BCUT2D eigenvalue weighted by atomic mass is 32.1. The van der Waals surface area contributed by atoms with Crippen molar-refractivity contribution < 1.29 is 4.79 Å². The minimum Gasteiger partial charge on any atom is -0.355 e. The Hall–Kier alpha value is -1.59. The van der Waals surface area contributed by atoms with Crippen LogP contribution >= 0.6 is 11.3 Å². The zero-order chi connectivity index (χ0) is 14.7. The second-order valence-electron chi connectivity index (χ2n) is 5.45. The number of carbonyl (C=O) groups excluding carboxylic acids is 1. The van der Waals surface area contributed by atoms with Crippen molar-refractivity contribution >= 4 is 17.2 Å². The molecule has 1 aliphatic heterocycles. The molecule has 1 N–H and O–H groups in total. The van der Waals surface area contributed by atoms with Gasteiger partial charge in [0.2, 0.25) is 5.91 Å². The first kappa shape index (κ1) is 14.4. The van der Waals surface area contributed by atoms with Gasteiger partial charge in [0.1, 0.15) is 0 Å². The monoisotopic (exact) mass is 303 g/mol. The van der Waals surface area contributed by atoms with E-state index in [9.17, 15) is 4.79 Å². The van der Waals surface area contributed by atoms with Crippen LogP contribution in [-0.4, -0.2) is 35.0 Å². The van der Waals surface area contributed by atoms with Gasteiger partial charge in [-0.1, -0.05) is 6.07 Å². The molecule has 1 amide bonds. The number of nitrogens with one attached hydrogen (secondary N) is 1. The molecule has 0 saturated heterocycles. The third-order valence-corrected chi connectivity index (χ3v) is 5.03. The number of aromatic nitrogens is 1. The van der Waals surface area contributed by atoms with Crippen molar-refractivity contribution in [3.63, 3.8) is 0 Å². The van der Waals surface area contributed by atoms with Crippen molar-refractivity contribution in [3.8, 4) is 0 Å². The summed E-state index contributed by atoms with van der Waals surface area (Å²) in [6.07, 6.45) is 3.03. The highest BCUT2D eigenvalue weighted by Crippen LogP contribution is 2.24. The molecule has 0 aromatic carbocycles. The summed E-state index contributed by atoms with van der Waals surface area (Å²) in [6, 6.07) is 8.68. The van der Waals surface area contributed by atoms with Crippen molar-refractivity contribution in [2.24, 2.45) is 0 Å². The van der Waals surface area contributed by atoms with Crippen LogP contribution in [0.25, 0.3) is 0 Å². The van der Waals surface area contributed by atoms with E-state index >= 15 is 0 Å². The molecule has 0 bridgehead atoms. The zero-order valence-corrected chi connectivity index (χ0v) is 13.1. The first-order chi connectivity index (χ1) is 10.2. The topological polar surface area (TPSA) is 37.3 Å². The summed E-state index contributed by atoms with van der Waals surface area (Å²) in [5.74, 6) is 0.124. The van der Waals surface area contributed by atoms with Gasteiger partial charge in [0, 0.05) is 42.4 Å². The lowest BCUT2D eigenvalue weighted by Crippen LogP contribution is -2.43. The van der Waals surface area contributed by atoms with Gasteiger partial charge in [0.25, 0.3) is 0 Å². The molecule has 2 aromatic heterocycles. The molecule has 1 aliphatic rings. The average Bonchev–Trinajstić information content (AvgIpc) is 3.13. The first-order valence-electron chi connectivity index (χ1n) is 7.42. The molecule has 0 aliphatic carbocycles. The van der Waals surface area contributed by atoms with Gasteiger partial charge in [-0.15, -0.1) is 11.3 Å². The maximum Gasteiger partial charge on any atom is 0.234 e. The van der Waals surface area contributed by atoms with Crippen molar-refractivity contribution in [2.45, 2.75) is 25.9 Å². The van der Waals surface area contributed by atoms with Crippen LogP contribution in [0.4, 0.5) is 0 Å². The van der Waals surface area contributed by atoms with E-state index < -0.39 is 0 Å². The minimum atomic E-state index is 0.124. The molecule has 0 radical (unpaired) electrons. The summed E-state index contributed by atoms with van der Waals surface area (Å²) < 4.78 is 2.27. The maximum atomic E-state index is 12.1. The van der Waals surface area contributed by atoms with Crippen LogP contribution in [0.5, 0.6) is 0 Å².